The first-order valence-corrected chi connectivity index (χ1v) is 28.2. The zero-order valence-corrected chi connectivity index (χ0v) is 46.9. The molecule has 0 aliphatic heterocycles. The van der Waals surface area contributed by atoms with E-state index in [9.17, 15) is 24.0 Å². The molecular formula is C62H78N8O7S. The van der Waals surface area contributed by atoms with Crippen LogP contribution in [-0.2, 0) is 33.5 Å². The van der Waals surface area contributed by atoms with Gasteiger partial charge < -0.3 is 36.6 Å². The topological polar surface area (TPSA) is 205 Å². The number of unbranched alkanes of at least 4 members (excludes halogenated alkanes) is 2. The molecule has 0 aromatic heterocycles. The Labute approximate surface area is 464 Å². The Balaban J connectivity index is 1.26. The van der Waals surface area contributed by atoms with Gasteiger partial charge in [-0.05, 0) is 64.6 Å². The molecule has 5 amide bonds. The fourth-order valence-corrected chi connectivity index (χ4v) is 11.8. The number of carbonyl (C=O) groups is 6. The first-order chi connectivity index (χ1) is 37.8. The van der Waals surface area contributed by atoms with E-state index in [0.717, 1.165) is 51.8 Å². The number of guanidine groups is 1. The highest BCUT2D eigenvalue weighted by atomic mass is 32.2. The van der Waals surface area contributed by atoms with E-state index < -0.39 is 64.3 Å². The van der Waals surface area contributed by atoms with E-state index in [1.54, 1.807) is 21.1 Å². The molecule has 0 spiro atoms. The van der Waals surface area contributed by atoms with Gasteiger partial charge >= 0.3 is 6.09 Å². The van der Waals surface area contributed by atoms with Gasteiger partial charge in [0.2, 0.25) is 23.6 Å². The lowest BCUT2D eigenvalue weighted by Crippen LogP contribution is -2.56. The molecule has 0 saturated carbocycles. The van der Waals surface area contributed by atoms with Crippen molar-refractivity contribution in [1.29, 1.82) is 0 Å². The van der Waals surface area contributed by atoms with E-state index in [-0.39, 0.29) is 50.0 Å². The molecule has 16 heteroatoms. The number of hydrogen-bond donors (Lipinski definition) is 5. The predicted molar refractivity (Wildman–Crippen MR) is 311 cm³/mol. The molecule has 1 aliphatic carbocycles. The van der Waals surface area contributed by atoms with Gasteiger partial charge in [-0.3, -0.25) is 33.9 Å². The van der Waals surface area contributed by atoms with E-state index in [4.69, 9.17) is 10.5 Å². The molecule has 78 heavy (non-hydrogen) atoms. The Morgan fingerprint density at radius 2 is 1.18 bits per heavy atom. The molecule has 414 valence electrons. The van der Waals surface area contributed by atoms with Crippen molar-refractivity contribution in [1.82, 2.24) is 31.1 Å². The number of fused-ring (bicyclic) bond motifs is 3. The Hall–Kier alpha value is -7.46. The molecule has 0 bridgehead atoms. The van der Waals surface area contributed by atoms with Gasteiger partial charge in [0.15, 0.2) is 11.7 Å². The van der Waals surface area contributed by atoms with Gasteiger partial charge in [-0.15, -0.1) is 11.8 Å². The summed E-state index contributed by atoms with van der Waals surface area (Å²) in [6, 6.07) is 43.1. The molecular weight excluding hydrogens is 1000 g/mol. The molecule has 0 unspecified atom stereocenters. The number of benzene rings is 5. The van der Waals surface area contributed by atoms with Crippen molar-refractivity contribution >= 4 is 53.2 Å². The molecule has 5 aromatic rings. The van der Waals surface area contributed by atoms with Crippen LogP contribution in [-0.4, -0.2) is 123 Å². The average Bonchev–Trinajstić information content (AvgIpc) is 3.92. The van der Waals surface area contributed by atoms with Crippen LogP contribution in [0.3, 0.4) is 0 Å². The molecule has 0 radical (unpaired) electrons. The fourth-order valence-electron chi connectivity index (χ4n) is 10.2. The summed E-state index contributed by atoms with van der Waals surface area (Å²) in [6.45, 7) is 4.11. The first kappa shape index (κ1) is 59.8. The average molecular weight is 1080 g/mol. The van der Waals surface area contributed by atoms with Crippen LogP contribution in [0.4, 0.5) is 4.79 Å². The number of nitrogens with two attached hydrogens (primary N) is 1. The van der Waals surface area contributed by atoms with Gasteiger partial charge in [0.1, 0.15) is 18.7 Å². The molecule has 4 atom stereocenters. The summed E-state index contributed by atoms with van der Waals surface area (Å²) in [7, 11) is 6.17. The van der Waals surface area contributed by atoms with Crippen molar-refractivity contribution in [3.63, 3.8) is 0 Å². The fraction of sp³-hybridized carbons (Fsp3) is 0.403. The summed E-state index contributed by atoms with van der Waals surface area (Å²) in [4.78, 5) is 92.5. The minimum absolute atomic E-state index is 0.0786. The standard InChI is InChI=1S/C62H78N8O7S/c1-7-9-36-53(69(5)59(75)54(37-10-8-2)70(6)61(76)77-41-51-49-33-22-20-31-47(49)48-32-21-23-34-50(48)51)58(74)68-52(35-24-38-66-60(63)65-4)55(71)39-43(57(73)67-40-56(72)64-3)42-78-62(44-25-14-11-15-26-44,45-27-16-12-17-28-45)46-29-18-13-19-30-46/h11-23,25-34,43,51-54H,7-10,24,35-42H2,1-6H3,(H,64,72)(H,67,73)(H,68,74)(H3,63,65,66)/t43-,52-,53-,54-/m0/s1. The van der Waals surface area contributed by atoms with Crippen LogP contribution in [0.25, 0.3) is 11.1 Å². The lowest BCUT2D eigenvalue weighted by molar-refractivity contribution is -0.143. The zero-order chi connectivity index (χ0) is 56.0. The largest absolute Gasteiger partial charge is 0.448 e. The Morgan fingerprint density at radius 3 is 1.69 bits per heavy atom. The summed E-state index contributed by atoms with van der Waals surface area (Å²) in [5.74, 6) is -3.05. The van der Waals surface area contributed by atoms with E-state index in [0.29, 0.717) is 32.2 Å². The number of nitrogens with one attached hydrogen (secondary N) is 4. The molecule has 6 rings (SSSR count). The second kappa shape index (κ2) is 29.9. The van der Waals surface area contributed by atoms with Gasteiger partial charge in [-0.2, -0.15) is 0 Å². The summed E-state index contributed by atoms with van der Waals surface area (Å²) in [5.41, 5.74) is 13.2. The maximum absolute atomic E-state index is 15.0. The van der Waals surface area contributed by atoms with Gasteiger partial charge in [0, 0.05) is 52.8 Å². The normalized spacial score (nSPS) is 13.6. The van der Waals surface area contributed by atoms with Crippen LogP contribution in [0.15, 0.2) is 145 Å². The number of hydrogen-bond acceptors (Lipinski definition) is 9. The molecule has 15 nitrogen and oxygen atoms in total. The third-order valence-corrected chi connectivity index (χ3v) is 16.3. The predicted octanol–water partition coefficient (Wildman–Crippen LogP) is 8.41. The quantitative estimate of drug-likeness (QED) is 0.0134. The number of ketones is 1. The van der Waals surface area contributed by atoms with Crippen LogP contribution >= 0.6 is 11.8 Å². The number of amides is 5. The molecule has 6 N–H and O–H groups in total. The minimum atomic E-state index is -1.09. The van der Waals surface area contributed by atoms with Crippen LogP contribution in [0.5, 0.6) is 0 Å². The summed E-state index contributed by atoms with van der Waals surface area (Å²) >= 11 is 1.52. The molecule has 0 saturated heterocycles. The van der Waals surface area contributed by atoms with Gasteiger partial charge in [-0.1, -0.05) is 179 Å². The van der Waals surface area contributed by atoms with Crippen molar-refractivity contribution in [3.8, 4) is 11.1 Å². The van der Waals surface area contributed by atoms with E-state index in [1.807, 2.05) is 105 Å². The number of aliphatic imine (C=N–C) groups is 1. The number of Topliss-reactive ketones (excluding diaryl/α,β-unsaturated/α-hetero) is 1. The van der Waals surface area contributed by atoms with E-state index in [2.05, 4.69) is 74.8 Å². The van der Waals surface area contributed by atoms with Crippen molar-refractivity contribution in [2.24, 2.45) is 16.6 Å². The van der Waals surface area contributed by atoms with Crippen LogP contribution in [0.2, 0.25) is 0 Å². The highest BCUT2D eigenvalue weighted by molar-refractivity contribution is 8.00. The number of thioether (sulfide) groups is 1. The highest BCUT2D eigenvalue weighted by Gasteiger charge is 2.41. The SMILES string of the molecule is CCCC[C@@H](C(=O)N(C)[C@@H](CCCC)C(=O)N[C@@H](CCCNC(N)=NC)C(=O)C[C@@H](CSC(c1ccccc1)(c1ccccc1)c1ccccc1)C(=O)NCC(=O)NC)N(C)C(=O)OCC1c2ccccc2-c2ccccc21. The Kier molecular flexibility index (Phi) is 22.9. The van der Waals surface area contributed by atoms with E-state index >= 15 is 4.79 Å². The van der Waals surface area contributed by atoms with Crippen molar-refractivity contribution in [3.05, 3.63) is 167 Å². The van der Waals surface area contributed by atoms with Crippen molar-refractivity contribution in [2.45, 2.75) is 100 Å². The second-order valence-corrected chi connectivity index (χ2v) is 21.0. The number of carbonyl (C=O) groups excluding carboxylic acids is 6. The highest BCUT2D eigenvalue weighted by Crippen LogP contribution is 2.49. The lowest BCUT2D eigenvalue weighted by Gasteiger charge is -2.36. The third kappa shape index (κ3) is 15.2. The molecule has 0 heterocycles. The van der Waals surface area contributed by atoms with Crippen LogP contribution in [0, 0.1) is 5.92 Å². The summed E-state index contributed by atoms with van der Waals surface area (Å²) in [5, 5.41) is 11.4. The Morgan fingerprint density at radius 1 is 0.667 bits per heavy atom. The monoisotopic (exact) mass is 1080 g/mol. The zero-order valence-electron chi connectivity index (χ0n) is 46.0. The third-order valence-electron chi connectivity index (χ3n) is 14.6. The van der Waals surface area contributed by atoms with Gasteiger partial charge in [0.25, 0.3) is 0 Å². The minimum Gasteiger partial charge on any atom is -0.448 e. The number of ether oxygens (including phenoxy) is 1. The smallest absolute Gasteiger partial charge is 0.410 e. The second-order valence-electron chi connectivity index (χ2n) is 19.8. The van der Waals surface area contributed by atoms with Crippen LogP contribution in [0.1, 0.15) is 105 Å². The van der Waals surface area contributed by atoms with Gasteiger partial charge in [0.05, 0.1) is 23.3 Å². The summed E-state index contributed by atoms with van der Waals surface area (Å²) < 4.78 is 5.20. The van der Waals surface area contributed by atoms with Crippen LogP contribution < -0.4 is 27.0 Å². The number of likely N-dealkylation sites (N-methyl/N-ethyl adjacent to an activating group) is 3. The number of rotatable bonds is 29. The lowest BCUT2D eigenvalue weighted by atomic mass is 9.84. The van der Waals surface area contributed by atoms with Gasteiger partial charge in [-0.25, -0.2) is 4.79 Å². The molecule has 0 fully saturated rings. The van der Waals surface area contributed by atoms with Crippen molar-refractivity contribution in [2.75, 3.05) is 53.6 Å². The molecule has 1 aliphatic rings. The maximum Gasteiger partial charge on any atom is 0.410 e. The molecule has 5 aromatic carbocycles. The Bertz CT molecular complexity index is 2660. The van der Waals surface area contributed by atoms with Crippen molar-refractivity contribution < 1.29 is 33.5 Å². The maximum atomic E-state index is 15.0. The summed E-state index contributed by atoms with van der Waals surface area (Å²) in [6.07, 6.45) is 2.94. The van der Waals surface area contributed by atoms with E-state index in [1.165, 1.54) is 28.6 Å². The number of nitrogens with zero attached hydrogens (tertiary/aromatic N) is 3. The first-order valence-electron chi connectivity index (χ1n) is 27.2.